The van der Waals surface area contributed by atoms with Gasteiger partial charge in [0.05, 0.1) is 0 Å². The average Bonchev–Trinajstić information content (AvgIpc) is 2.14. The maximum Gasteiger partial charge on any atom is 0.573 e. The molecule has 0 radical (unpaired) electrons. The van der Waals surface area contributed by atoms with E-state index < -0.39 is 17.9 Å². The van der Waals surface area contributed by atoms with E-state index in [4.69, 9.17) is 0 Å². The number of halogens is 3. The van der Waals surface area contributed by atoms with Gasteiger partial charge in [0.25, 0.3) is 0 Å². The molecule has 0 fully saturated rings. The van der Waals surface area contributed by atoms with Gasteiger partial charge in [-0.15, -0.1) is 13.2 Å². The van der Waals surface area contributed by atoms with Gasteiger partial charge in [0.2, 0.25) is 0 Å². The third kappa shape index (κ3) is 3.64. The molecule has 6 heteroatoms. The number of rotatable bonds is 3. The smallest absolute Gasteiger partial charge is 0.507 e. The van der Waals surface area contributed by atoms with Crippen molar-refractivity contribution in [3.05, 3.63) is 29.8 Å². The minimum absolute atomic E-state index is 0.224. The fourth-order valence-corrected chi connectivity index (χ4v) is 1.00. The van der Waals surface area contributed by atoms with Crippen LogP contribution in [0.5, 0.6) is 11.5 Å². The molecule has 0 aliphatic rings. The second-order valence-electron chi connectivity index (χ2n) is 2.76. The molecule has 0 spiro atoms. The van der Waals surface area contributed by atoms with Crippen molar-refractivity contribution in [3.8, 4) is 11.5 Å². The van der Waals surface area contributed by atoms with E-state index in [2.05, 4.69) is 4.74 Å². The van der Waals surface area contributed by atoms with Crippen molar-refractivity contribution in [1.82, 2.24) is 0 Å². The molecule has 0 amide bonds. The molecule has 0 aliphatic heterocycles. The summed E-state index contributed by atoms with van der Waals surface area (Å²) in [5.41, 5.74) is 0.224. The van der Waals surface area contributed by atoms with E-state index in [0.29, 0.717) is 6.29 Å². The summed E-state index contributed by atoms with van der Waals surface area (Å²) in [6.45, 7) is 0. The summed E-state index contributed by atoms with van der Waals surface area (Å²) in [5.74, 6) is -0.923. The summed E-state index contributed by atoms with van der Waals surface area (Å²) in [7, 11) is 0. The van der Waals surface area contributed by atoms with Crippen LogP contribution >= 0.6 is 0 Å². The first kappa shape index (κ1) is 12.1. The van der Waals surface area contributed by atoms with E-state index >= 15 is 0 Å². The van der Waals surface area contributed by atoms with Crippen LogP contribution in [0.4, 0.5) is 13.2 Å². The fourth-order valence-electron chi connectivity index (χ4n) is 1.00. The van der Waals surface area contributed by atoms with Crippen molar-refractivity contribution in [2.45, 2.75) is 6.36 Å². The van der Waals surface area contributed by atoms with Crippen LogP contribution in [-0.4, -0.2) is 17.8 Å². The zero-order valence-electron chi connectivity index (χ0n) is 7.86. The number of phenols is 1. The normalized spacial score (nSPS) is 11.7. The number of allylic oxidation sites excluding steroid dienone is 1. The minimum atomic E-state index is -4.80. The average molecular weight is 232 g/mol. The number of aromatic hydroxyl groups is 1. The topological polar surface area (TPSA) is 46.5 Å². The van der Waals surface area contributed by atoms with Gasteiger partial charge >= 0.3 is 6.36 Å². The van der Waals surface area contributed by atoms with E-state index in [9.17, 15) is 23.1 Å². The first-order valence-electron chi connectivity index (χ1n) is 4.13. The second kappa shape index (κ2) is 4.69. The maximum absolute atomic E-state index is 11.8. The summed E-state index contributed by atoms with van der Waals surface area (Å²) in [5, 5.41) is 9.30. The highest BCUT2D eigenvalue weighted by molar-refractivity contribution is 5.75. The minimum Gasteiger partial charge on any atom is -0.507 e. The summed E-state index contributed by atoms with van der Waals surface area (Å²) < 4.78 is 39.0. The third-order valence-electron chi connectivity index (χ3n) is 1.59. The Hall–Kier alpha value is -1.98. The molecule has 1 aromatic rings. The number of alkyl halides is 3. The zero-order chi connectivity index (χ0) is 12.2. The molecular weight excluding hydrogens is 225 g/mol. The Bertz CT molecular complexity index is 410. The van der Waals surface area contributed by atoms with Gasteiger partial charge < -0.3 is 9.84 Å². The van der Waals surface area contributed by atoms with Crippen LogP contribution in [0.2, 0.25) is 0 Å². The van der Waals surface area contributed by atoms with Crippen molar-refractivity contribution in [3.63, 3.8) is 0 Å². The predicted molar refractivity (Wildman–Crippen MR) is 49.9 cm³/mol. The van der Waals surface area contributed by atoms with Crippen molar-refractivity contribution in [2.24, 2.45) is 0 Å². The Kier molecular flexibility index (Phi) is 3.55. The lowest BCUT2D eigenvalue weighted by molar-refractivity contribution is -0.274. The van der Waals surface area contributed by atoms with Gasteiger partial charge in [0.15, 0.2) is 0 Å². The predicted octanol–water partition coefficient (Wildman–Crippen LogP) is 2.50. The Morgan fingerprint density at radius 2 is 2.00 bits per heavy atom. The van der Waals surface area contributed by atoms with E-state index in [-0.39, 0.29) is 5.56 Å². The Balaban J connectivity index is 2.91. The molecule has 1 N–H and O–H groups in total. The third-order valence-corrected chi connectivity index (χ3v) is 1.59. The number of phenolic OH excluding ortho intramolecular Hbond substituents is 1. The van der Waals surface area contributed by atoms with Crippen LogP contribution in [0.25, 0.3) is 6.08 Å². The monoisotopic (exact) mass is 232 g/mol. The molecule has 0 bridgehead atoms. The fraction of sp³-hybridized carbons (Fsp3) is 0.100. The maximum atomic E-state index is 11.8. The molecule has 0 saturated carbocycles. The van der Waals surface area contributed by atoms with Gasteiger partial charge in [-0.05, 0) is 24.3 Å². The van der Waals surface area contributed by atoms with Gasteiger partial charge in [-0.3, -0.25) is 4.79 Å². The standard InChI is InChI=1S/C10H7F3O3/c11-10(12,13)16-8-4-3-7(2-1-5-14)9(15)6-8/h1-6,15H. The van der Waals surface area contributed by atoms with Crippen molar-refractivity contribution < 1.29 is 27.8 Å². The Morgan fingerprint density at radius 1 is 1.31 bits per heavy atom. The highest BCUT2D eigenvalue weighted by Crippen LogP contribution is 2.28. The van der Waals surface area contributed by atoms with Crippen LogP contribution < -0.4 is 4.74 Å². The number of ether oxygens (including phenoxy) is 1. The molecule has 1 rings (SSSR count). The van der Waals surface area contributed by atoms with Crippen LogP contribution in [0, 0.1) is 0 Å². The summed E-state index contributed by atoms with van der Waals surface area (Å²) in [6.07, 6.45) is -1.94. The molecule has 0 saturated heterocycles. The summed E-state index contributed by atoms with van der Waals surface area (Å²) >= 11 is 0. The van der Waals surface area contributed by atoms with Gasteiger partial charge in [0, 0.05) is 11.6 Å². The molecule has 1 aromatic carbocycles. The number of aldehydes is 1. The molecular formula is C10H7F3O3. The van der Waals surface area contributed by atoms with Crippen LogP contribution in [-0.2, 0) is 4.79 Å². The van der Waals surface area contributed by atoms with Crippen LogP contribution in [0.15, 0.2) is 24.3 Å². The Morgan fingerprint density at radius 3 is 2.50 bits per heavy atom. The van der Waals surface area contributed by atoms with Gasteiger partial charge in [-0.1, -0.05) is 0 Å². The van der Waals surface area contributed by atoms with Crippen LogP contribution in [0.3, 0.4) is 0 Å². The molecule has 16 heavy (non-hydrogen) atoms. The van der Waals surface area contributed by atoms with Gasteiger partial charge in [0.1, 0.15) is 17.8 Å². The van der Waals surface area contributed by atoms with E-state index in [0.717, 1.165) is 18.2 Å². The number of benzene rings is 1. The number of carbonyl (C=O) groups excluding carboxylic acids is 1. The lowest BCUT2D eigenvalue weighted by Crippen LogP contribution is -2.16. The highest BCUT2D eigenvalue weighted by Gasteiger charge is 2.31. The number of carbonyl (C=O) groups is 1. The molecule has 0 atom stereocenters. The molecule has 86 valence electrons. The van der Waals surface area contributed by atoms with Gasteiger partial charge in [-0.25, -0.2) is 0 Å². The SMILES string of the molecule is O=CC=Cc1ccc(OC(F)(F)F)cc1O. The number of hydrogen-bond acceptors (Lipinski definition) is 3. The molecule has 0 aliphatic carbocycles. The van der Waals surface area contributed by atoms with E-state index in [1.54, 1.807) is 0 Å². The van der Waals surface area contributed by atoms with Crippen LogP contribution in [0.1, 0.15) is 5.56 Å². The lowest BCUT2D eigenvalue weighted by atomic mass is 10.2. The first-order chi connectivity index (χ1) is 7.42. The van der Waals surface area contributed by atoms with E-state index in [1.807, 2.05) is 0 Å². The molecule has 0 aromatic heterocycles. The second-order valence-corrected chi connectivity index (χ2v) is 2.76. The molecule has 0 heterocycles. The molecule has 3 nitrogen and oxygen atoms in total. The highest BCUT2D eigenvalue weighted by atomic mass is 19.4. The van der Waals surface area contributed by atoms with Crippen molar-refractivity contribution in [2.75, 3.05) is 0 Å². The van der Waals surface area contributed by atoms with E-state index in [1.165, 1.54) is 12.1 Å². The largest absolute Gasteiger partial charge is 0.573 e. The summed E-state index contributed by atoms with van der Waals surface area (Å²) in [6, 6.07) is 3.06. The molecule has 0 unspecified atom stereocenters. The summed E-state index contributed by atoms with van der Waals surface area (Å²) in [4.78, 5) is 10.0. The number of hydrogen-bond donors (Lipinski definition) is 1. The van der Waals surface area contributed by atoms with Crippen molar-refractivity contribution in [1.29, 1.82) is 0 Å². The first-order valence-corrected chi connectivity index (χ1v) is 4.13. The lowest BCUT2D eigenvalue weighted by Gasteiger charge is -2.09. The van der Waals surface area contributed by atoms with Crippen molar-refractivity contribution >= 4 is 12.4 Å². The zero-order valence-corrected chi connectivity index (χ0v) is 7.86. The quantitative estimate of drug-likeness (QED) is 0.643. The Labute approximate surface area is 88.8 Å². The van der Waals surface area contributed by atoms with Gasteiger partial charge in [-0.2, -0.15) is 0 Å².